The molecule has 0 atom stereocenters. The van der Waals surface area contributed by atoms with Gasteiger partial charge in [-0.2, -0.15) is 0 Å². The summed E-state index contributed by atoms with van der Waals surface area (Å²) in [7, 11) is 3.20. The Balaban J connectivity index is 1.48. The number of nitrogens with zero attached hydrogens (tertiary/aromatic N) is 1. The van der Waals surface area contributed by atoms with Gasteiger partial charge in [-0.05, 0) is 35.4 Å². The number of carbonyl (C=O) groups is 1. The Labute approximate surface area is 181 Å². The van der Waals surface area contributed by atoms with Gasteiger partial charge in [0.2, 0.25) is 0 Å². The van der Waals surface area contributed by atoms with Gasteiger partial charge >= 0.3 is 0 Å². The molecule has 0 radical (unpaired) electrons. The maximum atomic E-state index is 13.2. The Bertz CT molecular complexity index is 1050. The van der Waals surface area contributed by atoms with Gasteiger partial charge in [0.1, 0.15) is 24.7 Å². The molecule has 3 aromatic rings. The largest absolute Gasteiger partial charge is 0.493 e. The number of hydrogen-bond donors (Lipinski definition) is 0. The summed E-state index contributed by atoms with van der Waals surface area (Å²) in [6, 6.07) is 21.0. The van der Waals surface area contributed by atoms with Crippen LogP contribution in [-0.2, 0) is 13.2 Å². The lowest BCUT2D eigenvalue weighted by atomic mass is 10.1. The molecule has 0 fully saturated rings. The van der Waals surface area contributed by atoms with Crippen molar-refractivity contribution in [1.29, 1.82) is 0 Å². The van der Waals surface area contributed by atoms with Gasteiger partial charge in [0.15, 0.2) is 11.5 Å². The molecule has 6 heteroatoms. The number of benzene rings is 3. The first-order chi connectivity index (χ1) is 15.2. The van der Waals surface area contributed by atoms with E-state index >= 15 is 0 Å². The van der Waals surface area contributed by atoms with Crippen molar-refractivity contribution >= 4 is 5.91 Å². The average Bonchev–Trinajstić information content (AvgIpc) is 2.96. The number of carbonyl (C=O) groups excluding carboxylic acids is 1. The van der Waals surface area contributed by atoms with E-state index in [1.54, 1.807) is 31.3 Å². The van der Waals surface area contributed by atoms with E-state index in [4.69, 9.17) is 18.9 Å². The molecule has 0 unspecified atom stereocenters. The van der Waals surface area contributed by atoms with Crippen molar-refractivity contribution in [2.24, 2.45) is 0 Å². The van der Waals surface area contributed by atoms with Crippen LogP contribution in [0.1, 0.15) is 21.5 Å². The van der Waals surface area contributed by atoms with E-state index in [0.29, 0.717) is 54.9 Å². The normalized spacial score (nSPS) is 13.1. The molecule has 160 valence electrons. The lowest BCUT2D eigenvalue weighted by Gasteiger charge is -2.20. The predicted octanol–water partition coefficient (Wildman–Crippen LogP) is 4.32. The van der Waals surface area contributed by atoms with Gasteiger partial charge in [-0.1, -0.05) is 36.4 Å². The molecule has 0 bridgehead atoms. The lowest BCUT2D eigenvalue weighted by Crippen LogP contribution is -2.31. The van der Waals surface area contributed by atoms with E-state index in [1.807, 2.05) is 54.6 Å². The van der Waals surface area contributed by atoms with Gasteiger partial charge in [0.25, 0.3) is 5.91 Å². The maximum absolute atomic E-state index is 13.2. The summed E-state index contributed by atoms with van der Waals surface area (Å²) in [6.07, 6.45) is 0. The summed E-state index contributed by atoms with van der Waals surface area (Å²) in [5, 5.41) is 0. The van der Waals surface area contributed by atoms with Crippen molar-refractivity contribution in [3.05, 3.63) is 83.4 Å². The van der Waals surface area contributed by atoms with E-state index < -0.39 is 0 Å². The predicted molar refractivity (Wildman–Crippen MR) is 117 cm³/mol. The van der Waals surface area contributed by atoms with Crippen molar-refractivity contribution in [2.45, 2.75) is 13.2 Å². The molecule has 1 aliphatic heterocycles. The minimum absolute atomic E-state index is 0.0723. The van der Waals surface area contributed by atoms with Crippen molar-refractivity contribution in [1.82, 2.24) is 4.90 Å². The van der Waals surface area contributed by atoms with Gasteiger partial charge < -0.3 is 23.8 Å². The summed E-state index contributed by atoms with van der Waals surface area (Å²) in [5.74, 6) is 2.44. The first-order valence-electron chi connectivity index (χ1n) is 10.1. The molecule has 1 aliphatic rings. The van der Waals surface area contributed by atoms with E-state index in [-0.39, 0.29) is 5.91 Å². The fourth-order valence-electron chi connectivity index (χ4n) is 3.52. The Morgan fingerprint density at radius 2 is 1.71 bits per heavy atom. The van der Waals surface area contributed by atoms with Crippen LogP contribution in [0.5, 0.6) is 23.0 Å². The number of hydrogen-bond acceptors (Lipinski definition) is 5. The second kappa shape index (κ2) is 9.43. The van der Waals surface area contributed by atoms with Crippen LogP contribution in [0.3, 0.4) is 0 Å². The molecule has 3 aromatic carbocycles. The van der Waals surface area contributed by atoms with Crippen molar-refractivity contribution in [3.63, 3.8) is 0 Å². The number of ether oxygens (including phenoxy) is 4. The fourth-order valence-corrected chi connectivity index (χ4v) is 3.52. The number of fused-ring (bicyclic) bond motifs is 1. The van der Waals surface area contributed by atoms with Crippen molar-refractivity contribution < 1.29 is 23.7 Å². The summed E-state index contributed by atoms with van der Waals surface area (Å²) in [5.41, 5.74) is 2.57. The first-order valence-corrected chi connectivity index (χ1v) is 10.1. The topological polar surface area (TPSA) is 57.2 Å². The van der Waals surface area contributed by atoms with Crippen LogP contribution >= 0.6 is 0 Å². The summed E-state index contributed by atoms with van der Waals surface area (Å²) < 4.78 is 22.4. The molecule has 0 saturated carbocycles. The van der Waals surface area contributed by atoms with E-state index in [9.17, 15) is 4.79 Å². The van der Waals surface area contributed by atoms with Crippen LogP contribution in [0.25, 0.3) is 0 Å². The van der Waals surface area contributed by atoms with Gasteiger partial charge in [-0.25, -0.2) is 0 Å². The van der Waals surface area contributed by atoms with Crippen molar-refractivity contribution in [3.8, 4) is 23.0 Å². The van der Waals surface area contributed by atoms with E-state index in [2.05, 4.69) is 0 Å². The average molecular weight is 419 g/mol. The Kier molecular flexibility index (Phi) is 6.26. The zero-order valence-electron chi connectivity index (χ0n) is 17.7. The molecular formula is C25H25NO5. The third kappa shape index (κ3) is 4.74. The lowest BCUT2D eigenvalue weighted by molar-refractivity contribution is 0.0743. The second-order valence-electron chi connectivity index (χ2n) is 7.20. The number of rotatable bonds is 7. The van der Waals surface area contributed by atoms with Crippen molar-refractivity contribution in [2.75, 3.05) is 27.4 Å². The highest BCUT2D eigenvalue weighted by Crippen LogP contribution is 2.31. The molecule has 4 rings (SSSR count). The molecule has 0 saturated heterocycles. The second-order valence-corrected chi connectivity index (χ2v) is 7.20. The molecular weight excluding hydrogens is 394 g/mol. The summed E-state index contributed by atoms with van der Waals surface area (Å²) >= 11 is 0. The van der Waals surface area contributed by atoms with Crippen LogP contribution in [-0.4, -0.2) is 38.2 Å². The third-order valence-electron chi connectivity index (χ3n) is 5.16. The molecule has 0 aliphatic carbocycles. The smallest absolute Gasteiger partial charge is 0.258 e. The highest BCUT2D eigenvalue weighted by atomic mass is 16.5. The fraction of sp³-hybridized carbons (Fsp3) is 0.240. The SMILES string of the molecule is COc1ccc(CN2CCOc3cc(OCc4ccccc4)ccc3C2=O)cc1OC. The monoisotopic (exact) mass is 419 g/mol. The van der Waals surface area contributed by atoms with Crippen LogP contribution in [0, 0.1) is 0 Å². The van der Waals surface area contributed by atoms with Gasteiger partial charge in [-0.3, -0.25) is 4.79 Å². The Hall–Kier alpha value is -3.67. The highest BCUT2D eigenvalue weighted by Gasteiger charge is 2.24. The van der Waals surface area contributed by atoms with Crippen LogP contribution in [0.15, 0.2) is 66.7 Å². The van der Waals surface area contributed by atoms with Gasteiger partial charge in [-0.15, -0.1) is 0 Å². The molecule has 6 nitrogen and oxygen atoms in total. The molecule has 1 heterocycles. The standard InChI is InChI=1S/C25H25NO5/c1-28-22-11-8-19(14-24(22)29-2)16-26-12-13-30-23-15-20(9-10-21(23)25(26)27)31-17-18-6-4-3-5-7-18/h3-11,14-15H,12-13,16-17H2,1-2H3. The van der Waals surface area contributed by atoms with Gasteiger partial charge in [0, 0.05) is 12.6 Å². The zero-order chi connectivity index (χ0) is 21.6. The van der Waals surface area contributed by atoms with E-state index in [1.165, 1.54) is 0 Å². The third-order valence-corrected chi connectivity index (χ3v) is 5.16. The molecule has 0 spiro atoms. The Morgan fingerprint density at radius 1 is 0.903 bits per heavy atom. The van der Waals surface area contributed by atoms with Crippen LogP contribution in [0.2, 0.25) is 0 Å². The minimum Gasteiger partial charge on any atom is -0.493 e. The number of amides is 1. The van der Waals surface area contributed by atoms with Crippen LogP contribution < -0.4 is 18.9 Å². The first kappa shape index (κ1) is 20.6. The zero-order valence-corrected chi connectivity index (χ0v) is 17.7. The Morgan fingerprint density at radius 3 is 2.48 bits per heavy atom. The maximum Gasteiger partial charge on any atom is 0.258 e. The number of methoxy groups -OCH3 is 2. The van der Waals surface area contributed by atoms with E-state index in [0.717, 1.165) is 11.1 Å². The minimum atomic E-state index is -0.0723. The summed E-state index contributed by atoms with van der Waals surface area (Å²) in [4.78, 5) is 14.9. The quantitative estimate of drug-likeness (QED) is 0.571. The molecule has 0 aromatic heterocycles. The van der Waals surface area contributed by atoms with Gasteiger partial charge in [0.05, 0.1) is 26.3 Å². The summed E-state index contributed by atoms with van der Waals surface area (Å²) in [6.45, 7) is 1.81. The molecule has 0 N–H and O–H groups in total. The molecule has 1 amide bonds. The highest BCUT2D eigenvalue weighted by molar-refractivity contribution is 5.97. The molecule has 31 heavy (non-hydrogen) atoms. The van der Waals surface area contributed by atoms with Crippen LogP contribution in [0.4, 0.5) is 0 Å².